The van der Waals surface area contributed by atoms with Gasteiger partial charge in [-0.2, -0.15) is 0 Å². The molecule has 18 aromatic rings. The number of halogens is 10. The van der Waals surface area contributed by atoms with Gasteiger partial charge in [0.15, 0.2) is 0 Å². The first kappa shape index (κ1) is 101. The first-order chi connectivity index (χ1) is 62.5. The topological polar surface area (TPSA) is 121 Å². The van der Waals surface area contributed by atoms with Crippen LogP contribution in [0.15, 0.2) is 289 Å². The van der Waals surface area contributed by atoms with Gasteiger partial charge in [-0.15, -0.1) is 136 Å². The predicted molar refractivity (Wildman–Crippen MR) is 559 cm³/mol. The van der Waals surface area contributed by atoms with Gasteiger partial charge >= 0.3 is 0 Å². The molecule has 0 aliphatic heterocycles. The molecular formula is C103H88Cl6F4O6S12. The number of rotatable bonds is 24. The van der Waals surface area contributed by atoms with Crippen molar-refractivity contribution in [3.63, 3.8) is 0 Å². The van der Waals surface area contributed by atoms with E-state index in [0.717, 1.165) is 89.6 Å². The standard InChI is InChI=1S/C18H18OS2.3C17H14Cl2OS2.2C17H14F2OS2/c1-13-6-3-4-7-14(13)12-18(2,19)15-9-11-21-17(15)16-8-5-10-20-16;1-17(20,10-11-13(18)4-2-5-14(11)19)12-7-9-22-16(12)15-6-3-8-21-15;1-17(20,10-11-4-2-5-13(18)15(11)19)12-7-9-22-16(12)14-6-3-8-21-14;1-17(20,10-11-4-5-12(18)9-14(11)19)13-6-8-22-16(13)15-3-2-7-21-15;1-17(20,10-11-13(18)4-2-5-14(11)19)12-7-9-22-16(12)15-6-3-8-21-15;1-17(20,10-11-4-5-12(18)9-14(11)19)13-6-8-22-16(13)15-3-2-7-21-15/h3-11,19H,12H2,1-2H3;5*2-9,20H,10H2,1H3. The molecule has 0 bridgehead atoms. The van der Waals surface area contributed by atoms with E-state index in [1.807, 2.05) is 191 Å². The molecule has 0 saturated heterocycles. The van der Waals surface area contributed by atoms with Crippen molar-refractivity contribution in [2.75, 3.05) is 0 Å². The first-order valence-corrected chi connectivity index (χ1v) is 53.6. The van der Waals surface area contributed by atoms with Gasteiger partial charge < -0.3 is 30.6 Å². The van der Waals surface area contributed by atoms with Crippen LogP contribution in [0.4, 0.5) is 17.6 Å². The average molecular weight is 2100 g/mol. The Morgan fingerprint density at radius 2 is 0.542 bits per heavy atom. The fraction of sp³-hybridized carbons (Fsp3) is 0.184. The van der Waals surface area contributed by atoms with Crippen LogP contribution in [0.3, 0.4) is 0 Å². The highest BCUT2D eigenvalue weighted by Crippen LogP contribution is 2.49. The highest BCUT2D eigenvalue weighted by molar-refractivity contribution is 7.23. The molecule has 0 fully saturated rings. The summed E-state index contributed by atoms with van der Waals surface area (Å²) in [5, 5.41) is 93.3. The number of thiophene rings is 12. The zero-order chi connectivity index (χ0) is 93.6. The van der Waals surface area contributed by atoms with Crippen molar-refractivity contribution in [1.29, 1.82) is 0 Å². The number of benzene rings is 6. The summed E-state index contributed by atoms with van der Waals surface area (Å²) in [7, 11) is 0. The van der Waals surface area contributed by atoms with E-state index < -0.39 is 56.9 Å². The molecule has 6 aromatic carbocycles. The Kier molecular flexibility index (Phi) is 35.0. The molecule has 0 aliphatic carbocycles. The van der Waals surface area contributed by atoms with Crippen molar-refractivity contribution in [3.05, 3.63) is 415 Å². The number of hydrogen-bond acceptors (Lipinski definition) is 18. The third-order valence-corrected chi connectivity index (χ3v) is 35.5. The van der Waals surface area contributed by atoms with Crippen LogP contribution in [0.2, 0.25) is 30.1 Å². The van der Waals surface area contributed by atoms with Crippen LogP contribution >= 0.6 is 206 Å². The fourth-order valence-electron chi connectivity index (χ4n) is 15.0. The largest absolute Gasteiger partial charge is 0.385 e. The maximum atomic E-state index is 13.8. The lowest BCUT2D eigenvalue weighted by molar-refractivity contribution is 0.0564. The lowest BCUT2D eigenvalue weighted by atomic mass is 9.87. The second-order valence-corrected chi connectivity index (χ2v) is 45.7. The maximum Gasteiger partial charge on any atom is 0.129 e. The average Bonchev–Trinajstić information content (AvgIpc) is 1.73. The predicted octanol–water partition coefficient (Wildman–Crippen LogP) is 34.3. The van der Waals surface area contributed by atoms with Gasteiger partial charge in [0.25, 0.3) is 0 Å². The zero-order valence-corrected chi connectivity index (χ0v) is 85.7. The van der Waals surface area contributed by atoms with Crippen molar-refractivity contribution < 1.29 is 48.2 Å². The van der Waals surface area contributed by atoms with Gasteiger partial charge in [-0.05, 0) is 268 Å². The molecule has 6 N–H and O–H groups in total. The van der Waals surface area contributed by atoms with Gasteiger partial charge in [-0.1, -0.05) is 167 Å². The second-order valence-electron chi connectivity index (χ2n) is 32.1. The van der Waals surface area contributed by atoms with Crippen LogP contribution in [0.5, 0.6) is 0 Å². The Bertz CT molecular complexity index is 6370. The summed E-state index contributed by atoms with van der Waals surface area (Å²) in [6.45, 7) is 12.7. The number of hydrogen-bond donors (Lipinski definition) is 6. The Hall–Kier alpha value is -7.06. The molecule has 0 saturated carbocycles. The summed E-state index contributed by atoms with van der Waals surface area (Å²) in [4.78, 5) is 13.3. The number of aliphatic hydroxyl groups is 6. The summed E-state index contributed by atoms with van der Waals surface area (Å²) < 4.78 is 54.6. The molecule has 0 radical (unpaired) electrons. The van der Waals surface area contributed by atoms with Crippen LogP contribution < -0.4 is 0 Å². The molecule has 12 aromatic heterocycles. The third kappa shape index (κ3) is 25.8. The minimum atomic E-state index is -1.34. The molecule has 678 valence electrons. The molecular weight excluding hydrogens is 2010 g/mol. The summed E-state index contributed by atoms with van der Waals surface area (Å²) >= 11 is 56.6. The lowest BCUT2D eigenvalue weighted by Gasteiger charge is -2.25. The monoisotopic (exact) mass is 2090 g/mol. The van der Waals surface area contributed by atoms with E-state index in [4.69, 9.17) is 69.6 Å². The molecule has 12 heterocycles. The quantitative estimate of drug-likeness (QED) is 0.0335. The van der Waals surface area contributed by atoms with Gasteiger partial charge in [0.05, 0.1) is 72.9 Å². The highest BCUT2D eigenvalue weighted by atomic mass is 35.5. The van der Waals surface area contributed by atoms with Gasteiger partial charge in [0.1, 0.15) is 23.3 Å². The normalized spacial score (nSPS) is 14.0. The third-order valence-electron chi connectivity index (χ3n) is 21.6. The minimum Gasteiger partial charge on any atom is -0.385 e. The van der Waals surface area contributed by atoms with E-state index in [9.17, 15) is 48.2 Å². The molecule has 0 spiro atoms. The van der Waals surface area contributed by atoms with Gasteiger partial charge in [0, 0.05) is 133 Å². The van der Waals surface area contributed by atoms with E-state index in [0.29, 0.717) is 66.9 Å². The van der Waals surface area contributed by atoms with Crippen molar-refractivity contribution >= 4 is 206 Å². The SMILES string of the molecule is CC(O)(Cc1c(Cl)cccc1Cl)c1ccsc1-c1cccs1.CC(O)(Cc1c(F)cccc1F)c1ccsc1-c1cccs1.CC(O)(Cc1ccc(Cl)cc1Cl)c1ccsc1-c1cccs1.CC(O)(Cc1ccc(F)cc1F)c1ccsc1-c1cccs1.CC(O)(Cc1cccc(Cl)c1Cl)c1ccsc1-c1cccs1.Cc1ccccc1CC(C)(O)c1ccsc1-c1cccs1. The van der Waals surface area contributed by atoms with Gasteiger partial charge in [-0.25, -0.2) is 17.6 Å². The van der Waals surface area contributed by atoms with E-state index in [1.54, 1.807) is 169 Å². The number of aryl methyl sites for hydroxylation is 1. The van der Waals surface area contributed by atoms with Crippen molar-refractivity contribution in [2.45, 2.75) is 121 Å². The zero-order valence-electron chi connectivity index (χ0n) is 71.4. The first-order valence-electron chi connectivity index (χ1n) is 40.8. The van der Waals surface area contributed by atoms with E-state index in [-0.39, 0.29) is 18.4 Å². The summed E-state index contributed by atoms with van der Waals surface area (Å²) in [6, 6.07) is 67.7. The fourth-order valence-corrected chi connectivity index (χ4v) is 27.8. The molecule has 6 nitrogen and oxygen atoms in total. The Labute approximate surface area is 838 Å². The summed E-state index contributed by atoms with van der Waals surface area (Å²) in [5.41, 5.74) is 3.97. The van der Waals surface area contributed by atoms with E-state index in [2.05, 4.69) is 66.2 Å². The summed E-state index contributed by atoms with van der Waals surface area (Å²) in [5.74, 6) is -2.51. The maximum absolute atomic E-state index is 13.8. The van der Waals surface area contributed by atoms with Crippen molar-refractivity contribution in [3.8, 4) is 58.5 Å². The Morgan fingerprint density at radius 1 is 0.244 bits per heavy atom. The van der Waals surface area contributed by atoms with Crippen molar-refractivity contribution in [2.24, 2.45) is 0 Å². The molecule has 18 rings (SSSR count). The minimum absolute atomic E-state index is 0.0872. The molecule has 6 atom stereocenters. The van der Waals surface area contributed by atoms with Crippen LogP contribution in [-0.2, 0) is 72.1 Å². The molecule has 131 heavy (non-hydrogen) atoms. The van der Waals surface area contributed by atoms with E-state index in [1.165, 1.54) is 72.3 Å². The highest BCUT2D eigenvalue weighted by Gasteiger charge is 2.36. The molecule has 0 aliphatic rings. The van der Waals surface area contributed by atoms with Crippen molar-refractivity contribution in [1.82, 2.24) is 0 Å². The van der Waals surface area contributed by atoms with E-state index >= 15 is 0 Å². The lowest BCUT2D eigenvalue weighted by Crippen LogP contribution is -2.25. The smallest absolute Gasteiger partial charge is 0.129 e. The van der Waals surface area contributed by atoms with Crippen LogP contribution in [0, 0.1) is 30.2 Å². The second kappa shape index (κ2) is 45.3. The van der Waals surface area contributed by atoms with Gasteiger partial charge in [-0.3, -0.25) is 0 Å². The molecule has 0 amide bonds. The Balaban J connectivity index is 0.000000134. The van der Waals surface area contributed by atoms with Crippen LogP contribution in [0.1, 0.15) is 114 Å². The molecule has 28 heteroatoms. The Morgan fingerprint density at radius 3 is 0.885 bits per heavy atom. The summed E-state index contributed by atoms with van der Waals surface area (Å²) in [6.07, 6.45) is 1.85. The van der Waals surface area contributed by atoms with Crippen LogP contribution in [-0.4, -0.2) is 30.6 Å². The van der Waals surface area contributed by atoms with Gasteiger partial charge in [0.2, 0.25) is 0 Å². The molecule has 6 unspecified atom stereocenters. The van der Waals surface area contributed by atoms with Crippen LogP contribution in [0.25, 0.3) is 58.5 Å².